The topological polar surface area (TPSA) is 345 Å². The van der Waals surface area contributed by atoms with Gasteiger partial charge in [0.25, 0.3) is 0 Å². The molecule has 0 aromatic rings. The smallest absolute Gasteiger partial charge is 0.217 e. The zero-order chi connectivity index (χ0) is 37.2. The Bertz CT molecular complexity index is 1130. The predicted molar refractivity (Wildman–Crippen MR) is 156 cm³/mol. The molecule has 4 heterocycles. The van der Waals surface area contributed by atoms with Crippen molar-refractivity contribution in [3.63, 3.8) is 0 Å². The van der Waals surface area contributed by atoms with E-state index >= 15 is 0 Å². The van der Waals surface area contributed by atoms with Crippen molar-refractivity contribution in [2.45, 2.75) is 143 Å². The first-order valence-electron chi connectivity index (χ1n) is 15.9. The van der Waals surface area contributed by atoms with Crippen LogP contribution in [0.15, 0.2) is 0 Å². The van der Waals surface area contributed by atoms with Gasteiger partial charge in [0, 0.05) is 13.8 Å². The van der Waals surface area contributed by atoms with Crippen LogP contribution in [0.5, 0.6) is 0 Å². The van der Waals surface area contributed by atoms with E-state index in [1.165, 1.54) is 6.92 Å². The summed E-state index contributed by atoms with van der Waals surface area (Å²) >= 11 is 0. The summed E-state index contributed by atoms with van der Waals surface area (Å²) in [5.41, 5.74) is 0. The molecule has 4 aliphatic rings. The Kier molecular flexibility index (Phi) is 14.2. The summed E-state index contributed by atoms with van der Waals surface area (Å²) in [6.07, 6.45) is -31.0. The largest absolute Gasteiger partial charge is 0.394 e. The zero-order valence-electron chi connectivity index (χ0n) is 27.3. The van der Waals surface area contributed by atoms with Crippen molar-refractivity contribution in [3.8, 4) is 0 Å². The quantitative estimate of drug-likeness (QED) is 0.0938. The second-order valence-electron chi connectivity index (χ2n) is 12.6. The maximum Gasteiger partial charge on any atom is 0.217 e. The fourth-order valence-corrected chi connectivity index (χ4v) is 6.27. The Morgan fingerprint density at radius 1 is 0.520 bits per heavy atom. The van der Waals surface area contributed by atoms with Gasteiger partial charge in [-0.05, 0) is 6.92 Å². The van der Waals surface area contributed by atoms with Crippen molar-refractivity contribution in [1.82, 2.24) is 10.6 Å². The number of hydrogen-bond acceptors (Lipinski definition) is 20. The molecular weight excluding hydrogens is 684 g/mol. The van der Waals surface area contributed by atoms with Crippen LogP contribution in [0.1, 0.15) is 20.8 Å². The van der Waals surface area contributed by atoms with Gasteiger partial charge in [-0.15, -0.1) is 0 Å². The Morgan fingerprint density at radius 2 is 1.04 bits per heavy atom. The van der Waals surface area contributed by atoms with Crippen molar-refractivity contribution in [3.05, 3.63) is 0 Å². The van der Waals surface area contributed by atoms with E-state index in [4.69, 9.17) is 33.2 Å². The second kappa shape index (κ2) is 17.4. The monoisotopic (exact) mass is 732 g/mol. The summed E-state index contributed by atoms with van der Waals surface area (Å²) in [4.78, 5) is 23.9. The fourth-order valence-electron chi connectivity index (χ4n) is 6.27. The summed E-state index contributed by atoms with van der Waals surface area (Å²) in [5, 5.41) is 120. The van der Waals surface area contributed by atoms with Crippen molar-refractivity contribution in [2.24, 2.45) is 0 Å². The number of aliphatic hydroxyl groups excluding tert-OH is 11. The normalized spacial score (nSPS) is 48.5. The van der Waals surface area contributed by atoms with Crippen LogP contribution in [0, 0.1) is 0 Å². The van der Waals surface area contributed by atoms with Crippen LogP contribution in [0.25, 0.3) is 0 Å². The maximum absolute atomic E-state index is 12.0. The van der Waals surface area contributed by atoms with Gasteiger partial charge in [-0.2, -0.15) is 0 Å². The molecule has 2 amide bonds. The summed E-state index contributed by atoms with van der Waals surface area (Å²) in [6, 6.07) is -3.05. The molecule has 22 nitrogen and oxygen atoms in total. The van der Waals surface area contributed by atoms with E-state index in [0.29, 0.717) is 0 Å². The van der Waals surface area contributed by atoms with Crippen LogP contribution in [0.2, 0.25) is 0 Å². The zero-order valence-corrected chi connectivity index (χ0v) is 27.3. The summed E-state index contributed by atoms with van der Waals surface area (Å²) < 4.78 is 40.3. The number of carbonyl (C=O) groups excluding carboxylic acids is 2. The van der Waals surface area contributed by atoms with Crippen molar-refractivity contribution in [1.29, 1.82) is 0 Å². The molecule has 0 radical (unpaired) electrons. The number of amides is 2. The van der Waals surface area contributed by atoms with E-state index in [9.17, 15) is 65.8 Å². The molecule has 4 fully saturated rings. The molecule has 20 atom stereocenters. The lowest BCUT2D eigenvalue weighted by atomic mass is 9.94. The summed E-state index contributed by atoms with van der Waals surface area (Å²) in [7, 11) is 0. The van der Waals surface area contributed by atoms with E-state index in [0.717, 1.165) is 13.8 Å². The average Bonchev–Trinajstić information content (AvgIpc) is 3.07. The lowest BCUT2D eigenvalue weighted by Gasteiger charge is -2.51. The SMILES string of the molecule is CC(=O)N[C@H]1[C@@H](O[C@H]2[C@@H](O)[C@@H](CO)O[C@@H](O[C@@H]3[C@H](O)[C@@H](NC(C)=O)C(O)O[C@@H]3CO)[C@@H]2O[C@@H]2O[C@@H](C)[C@@H](O)[C@@H](O)[C@@H]2O)O[C@H](CO)[C@H](O)[C@@H]1O. The van der Waals surface area contributed by atoms with E-state index in [-0.39, 0.29) is 0 Å². The van der Waals surface area contributed by atoms with Crippen molar-refractivity contribution in [2.75, 3.05) is 19.8 Å². The first kappa shape index (κ1) is 41.0. The minimum Gasteiger partial charge on any atom is -0.394 e. The Hall–Kier alpha value is -1.78. The van der Waals surface area contributed by atoms with Gasteiger partial charge < -0.3 is 100.0 Å². The summed E-state index contributed by atoms with van der Waals surface area (Å²) in [5.74, 6) is -1.40. The Balaban J connectivity index is 1.75. The van der Waals surface area contributed by atoms with Gasteiger partial charge in [-0.3, -0.25) is 9.59 Å². The third-order valence-electron chi connectivity index (χ3n) is 8.97. The highest BCUT2D eigenvalue weighted by Crippen LogP contribution is 2.36. The van der Waals surface area contributed by atoms with Crippen LogP contribution in [0.3, 0.4) is 0 Å². The van der Waals surface area contributed by atoms with Crippen LogP contribution in [0.4, 0.5) is 0 Å². The number of rotatable bonds is 11. The lowest BCUT2D eigenvalue weighted by molar-refractivity contribution is -0.398. The first-order chi connectivity index (χ1) is 23.5. The van der Waals surface area contributed by atoms with E-state index in [2.05, 4.69) is 10.6 Å². The number of nitrogens with one attached hydrogen (secondary N) is 2. The minimum absolute atomic E-state index is 0.682. The van der Waals surface area contributed by atoms with Crippen LogP contribution < -0.4 is 10.6 Å². The van der Waals surface area contributed by atoms with Gasteiger partial charge >= 0.3 is 0 Å². The highest BCUT2D eigenvalue weighted by atomic mass is 16.8. The minimum atomic E-state index is -1.95. The second-order valence-corrected chi connectivity index (χ2v) is 12.6. The van der Waals surface area contributed by atoms with Gasteiger partial charge in [0.1, 0.15) is 91.4 Å². The molecule has 290 valence electrons. The molecule has 13 N–H and O–H groups in total. The molecule has 1 unspecified atom stereocenters. The number of carbonyl (C=O) groups is 2. The molecule has 4 rings (SSSR count). The fraction of sp³-hybridized carbons (Fsp3) is 0.929. The standard InChI is InChI=1S/C28H48N2O20/c1-7-15(36)20(41)21(42)27(44-7)50-24-23(49-26-14(30-9(3)35)18(39)16(37)10(4-31)46-26)17(38)11(5-32)47-28(24)48-22-12(6-33)45-25(43)13(19(22)40)29-8(2)34/h7,10-28,31-33,36-43H,4-6H2,1-3H3,(H,29,34)(H,30,35)/t7-,10+,11+,12+,13+,14+,15+,16-,17-,18+,19+,20+,21-,22-,23-,24+,25?,26+,27-,28-/m0/s1. The molecule has 4 aliphatic heterocycles. The molecule has 50 heavy (non-hydrogen) atoms. The van der Waals surface area contributed by atoms with Crippen molar-refractivity contribution < 1.29 is 98.9 Å². The lowest BCUT2D eigenvalue weighted by Crippen LogP contribution is -2.70. The molecule has 0 spiro atoms. The number of hydrogen-bond donors (Lipinski definition) is 13. The van der Waals surface area contributed by atoms with Crippen LogP contribution >= 0.6 is 0 Å². The van der Waals surface area contributed by atoms with Gasteiger partial charge in [-0.25, -0.2) is 0 Å². The third-order valence-corrected chi connectivity index (χ3v) is 8.97. The highest BCUT2D eigenvalue weighted by Gasteiger charge is 2.56. The van der Waals surface area contributed by atoms with Gasteiger partial charge in [-0.1, -0.05) is 0 Å². The Labute approximate surface area is 285 Å². The third kappa shape index (κ3) is 8.70. The maximum atomic E-state index is 12.0. The van der Waals surface area contributed by atoms with Crippen LogP contribution in [-0.4, -0.2) is 211 Å². The van der Waals surface area contributed by atoms with Crippen molar-refractivity contribution >= 4 is 11.8 Å². The average molecular weight is 733 g/mol. The number of aliphatic hydroxyl groups is 11. The highest BCUT2D eigenvalue weighted by molar-refractivity contribution is 5.73. The first-order valence-corrected chi connectivity index (χ1v) is 15.9. The summed E-state index contributed by atoms with van der Waals surface area (Å²) in [6.45, 7) is 0.904. The van der Waals surface area contributed by atoms with Crippen LogP contribution in [-0.2, 0) is 42.7 Å². The molecule has 0 aromatic heterocycles. The van der Waals surface area contributed by atoms with Gasteiger partial charge in [0.05, 0.1) is 25.9 Å². The van der Waals surface area contributed by atoms with Gasteiger partial charge in [0.2, 0.25) is 11.8 Å². The molecule has 4 saturated heterocycles. The number of ether oxygens (including phenoxy) is 7. The van der Waals surface area contributed by atoms with E-state index in [1.807, 2.05) is 0 Å². The van der Waals surface area contributed by atoms with E-state index < -0.39 is 154 Å². The molecule has 0 saturated carbocycles. The molecule has 0 aliphatic carbocycles. The van der Waals surface area contributed by atoms with E-state index in [1.54, 1.807) is 0 Å². The Morgan fingerprint density at radius 3 is 1.62 bits per heavy atom. The molecular formula is C28H48N2O20. The molecule has 0 aromatic carbocycles. The predicted octanol–water partition coefficient (Wildman–Crippen LogP) is -8.43. The molecule has 22 heteroatoms. The van der Waals surface area contributed by atoms with Gasteiger partial charge in [0.15, 0.2) is 25.2 Å². The molecule has 0 bridgehead atoms.